The van der Waals surface area contributed by atoms with E-state index in [1.54, 1.807) is 11.3 Å². The summed E-state index contributed by atoms with van der Waals surface area (Å²) in [4.78, 5) is 18.1. The number of anilines is 1. The van der Waals surface area contributed by atoms with Gasteiger partial charge in [0.15, 0.2) is 5.13 Å². The molecule has 6 heteroatoms. The molecule has 1 aromatic rings. The zero-order valence-electron chi connectivity index (χ0n) is 12.2. The van der Waals surface area contributed by atoms with Crippen LogP contribution in [-0.2, 0) is 16.0 Å². The van der Waals surface area contributed by atoms with Crippen LogP contribution in [0.2, 0.25) is 0 Å². The van der Waals surface area contributed by atoms with Crippen LogP contribution in [-0.4, -0.2) is 48.6 Å². The molecule has 1 aliphatic heterocycles. The Kier molecular flexibility index (Phi) is 5.79. The molecule has 1 N–H and O–H groups in total. The zero-order chi connectivity index (χ0) is 14.4. The van der Waals surface area contributed by atoms with Crippen molar-refractivity contribution >= 4 is 22.4 Å². The average molecular weight is 297 g/mol. The summed E-state index contributed by atoms with van der Waals surface area (Å²) < 4.78 is 4.63. The van der Waals surface area contributed by atoms with Crippen molar-refractivity contribution < 1.29 is 9.53 Å². The Hall–Kier alpha value is -1.14. The van der Waals surface area contributed by atoms with Crippen LogP contribution in [0.5, 0.6) is 0 Å². The lowest BCUT2D eigenvalue weighted by molar-refractivity contribution is -0.140. The molecule has 0 aliphatic carbocycles. The number of nitrogens with one attached hydrogen (secondary N) is 1. The number of ether oxygens (including phenoxy) is 1. The van der Waals surface area contributed by atoms with Gasteiger partial charge in [-0.05, 0) is 25.9 Å². The lowest BCUT2D eigenvalue weighted by atomic mass is 10.2. The van der Waals surface area contributed by atoms with Crippen molar-refractivity contribution in [2.45, 2.75) is 38.6 Å². The number of aromatic nitrogens is 1. The van der Waals surface area contributed by atoms with Crippen molar-refractivity contribution in [1.29, 1.82) is 0 Å². The molecule has 1 aromatic heterocycles. The lowest BCUT2D eigenvalue weighted by Crippen LogP contribution is -2.34. The fourth-order valence-electron chi connectivity index (χ4n) is 2.58. The van der Waals surface area contributed by atoms with Crippen molar-refractivity contribution in [3.05, 3.63) is 11.1 Å². The molecule has 112 valence electrons. The van der Waals surface area contributed by atoms with Gasteiger partial charge in [0, 0.05) is 24.4 Å². The van der Waals surface area contributed by atoms with Crippen molar-refractivity contribution in [2.75, 3.05) is 32.1 Å². The Morgan fingerprint density at radius 3 is 3.25 bits per heavy atom. The van der Waals surface area contributed by atoms with Crippen molar-refractivity contribution in [1.82, 2.24) is 9.88 Å². The molecule has 0 spiro atoms. The van der Waals surface area contributed by atoms with Crippen molar-refractivity contribution in [2.24, 2.45) is 0 Å². The van der Waals surface area contributed by atoms with Crippen LogP contribution in [0, 0.1) is 0 Å². The van der Waals surface area contributed by atoms with Gasteiger partial charge in [-0.3, -0.25) is 9.69 Å². The predicted molar refractivity (Wildman–Crippen MR) is 81.2 cm³/mol. The van der Waals surface area contributed by atoms with Gasteiger partial charge >= 0.3 is 5.97 Å². The first-order valence-electron chi connectivity index (χ1n) is 7.22. The molecule has 2 rings (SSSR count). The number of carbonyl (C=O) groups is 1. The highest BCUT2D eigenvalue weighted by Gasteiger charge is 2.22. The topological polar surface area (TPSA) is 54.5 Å². The van der Waals surface area contributed by atoms with Crippen LogP contribution in [0.15, 0.2) is 5.38 Å². The highest BCUT2D eigenvalue weighted by molar-refractivity contribution is 7.13. The monoisotopic (exact) mass is 297 g/mol. The van der Waals surface area contributed by atoms with E-state index in [9.17, 15) is 4.79 Å². The maximum absolute atomic E-state index is 11.1. The molecule has 0 amide bonds. The second-order valence-electron chi connectivity index (χ2n) is 5.03. The number of likely N-dealkylation sites (tertiary alicyclic amines) is 1. The summed E-state index contributed by atoms with van der Waals surface area (Å²) in [7, 11) is 1.41. The number of rotatable bonds is 7. The number of likely N-dealkylation sites (N-methyl/N-ethyl adjacent to an activating group) is 1. The predicted octanol–water partition coefficient (Wildman–Crippen LogP) is 2.14. The fraction of sp³-hybridized carbons (Fsp3) is 0.714. The van der Waals surface area contributed by atoms with Crippen LogP contribution in [0.25, 0.3) is 0 Å². The SMILES string of the molecule is CCN1CCCC1CNc1nc(CCC(=O)OC)cs1. The Morgan fingerprint density at radius 1 is 1.65 bits per heavy atom. The molecule has 0 aromatic carbocycles. The van der Waals surface area contributed by atoms with E-state index in [2.05, 4.69) is 26.9 Å². The molecular formula is C14H23N3O2S. The fourth-order valence-corrected chi connectivity index (χ4v) is 3.34. The number of carbonyl (C=O) groups excluding carboxylic acids is 1. The van der Waals surface area contributed by atoms with Gasteiger partial charge in [-0.15, -0.1) is 11.3 Å². The van der Waals surface area contributed by atoms with Gasteiger partial charge in [-0.25, -0.2) is 4.98 Å². The minimum absolute atomic E-state index is 0.183. The Bertz CT molecular complexity index is 436. The van der Waals surface area contributed by atoms with Gasteiger partial charge in [-0.1, -0.05) is 6.92 Å². The molecule has 0 saturated carbocycles. The average Bonchev–Trinajstić information content (AvgIpc) is 3.10. The quantitative estimate of drug-likeness (QED) is 0.782. The molecule has 1 fully saturated rings. The largest absolute Gasteiger partial charge is 0.469 e. The number of aryl methyl sites for hydroxylation is 1. The minimum atomic E-state index is -0.183. The number of esters is 1. The van der Waals surface area contributed by atoms with Gasteiger partial charge < -0.3 is 10.1 Å². The Labute approximate surface area is 124 Å². The molecule has 1 saturated heterocycles. The molecule has 20 heavy (non-hydrogen) atoms. The first-order chi connectivity index (χ1) is 9.72. The summed E-state index contributed by atoms with van der Waals surface area (Å²) in [5.41, 5.74) is 0.960. The molecule has 5 nitrogen and oxygen atoms in total. The first-order valence-corrected chi connectivity index (χ1v) is 8.10. The van der Waals surface area contributed by atoms with E-state index in [0.717, 1.165) is 23.9 Å². The smallest absolute Gasteiger partial charge is 0.305 e. The van der Waals surface area contributed by atoms with Crippen LogP contribution in [0.4, 0.5) is 5.13 Å². The third-order valence-electron chi connectivity index (χ3n) is 3.76. The van der Waals surface area contributed by atoms with Crippen molar-refractivity contribution in [3.63, 3.8) is 0 Å². The number of thiazole rings is 1. The maximum atomic E-state index is 11.1. The lowest BCUT2D eigenvalue weighted by Gasteiger charge is -2.22. The summed E-state index contributed by atoms with van der Waals surface area (Å²) in [6.45, 7) is 5.50. The number of hydrogen-bond donors (Lipinski definition) is 1. The standard InChI is InChI=1S/C14H23N3O2S/c1-3-17-8-4-5-12(17)9-15-14-16-11(10-20-14)6-7-13(18)19-2/h10,12H,3-9H2,1-2H3,(H,15,16). The third-order valence-corrected chi connectivity index (χ3v) is 4.61. The molecule has 2 heterocycles. The minimum Gasteiger partial charge on any atom is -0.469 e. The third kappa shape index (κ3) is 4.18. The highest BCUT2D eigenvalue weighted by atomic mass is 32.1. The molecule has 0 bridgehead atoms. The Morgan fingerprint density at radius 2 is 2.50 bits per heavy atom. The summed E-state index contributed by atoms with van der Waals surface area (Å²) in [6.07, 6.45) is 3.60. The summed E-state index contributed by atoms with van der Waals surface area (Å²) >= 11 is 1.61. The number of nitrogens with zero attached hydrogens (tertiary/aromatic N) is 2. The second-order valence-corrected chi connectivity index (χ2v) is 5.88. The van der Waals surface area contributed by atoms with Gasteiger partial charge in [0.05, 0.1) is 19.2 Å². The van der Waals surface area contributed by atoms with Crippen LogP contribution in [0.1, 0.15) is 31.9 Å². The van der Waals surface area contributed by atoms with Crippen molar-refractivity contribution in [3.8, 4) is 0 Å². The number of methoxy groups -OCH3 is 1. The maximum Gasteiger partial charge on any atom is 0.305 e. The van der Waals surface area contributed by atoms with Gasteiger partial charge in [-0.2, -0.15) is 0 Å². The summed E-state index contributed by atoms with van der Waals surface area (Å²) in [6, 6.07) is 0.627. The zero-order valence-corrected chi connectivity index (χ0v) is 13.0. The number of hydrogen-bond acceptors (Lipinski definition) is 6. The van der Waals surface area contributed by atoms with E-state index in [4.69, 9.17) is 0 Å². The van der Waals surface area contributed by atoms with Gasteiger partial charge in [0.2, 0.25) is 0 Å². The van der Waals surface area contributed by atoms with Crippen LogP contribution >= 0.6 is 11.3 Å². The van der Waals surface area contributed by atoms with E-state index in [1.165, 1.54) is 26.5 Å². The van der Waals surface area contributed by atoms with Gasteiger partial charge in [0.25, 0.3) is 0 Å². The molecule has 1 unspecified atom stereocenters. The summed E-state index contributed by atoms with van der Waals surface area (Å²) in [5.74, 6) is -0.183. The first kappa shape index (κ1) is 15.3. The molecular weight excluding hydrogens is 274 g/mol. The van der Waals surface area contributed by atoms with Crippen LogP contribution in [0.3, 0.4) is 0 Å². The van der Waals surface area contributed by atoms with E-state index in [-0.39, 0.29) is 5.97 Å². The molecule has 1 atom stereocenters. The van der Waals surface area contributed by atoms with E-state index < -0.39 is 0 Å². The highest BCUT2D eigenvalue weighted by Crippen LogP contribution is 2.20. The van der Waals surface area contributed by atoms with E-state index >= 15 is 0 Å². The molecule has 0 radical (unpaired) electrons. The Balaban J connectivity index is 1.76. The second kappa shape index (κ2) is 7.59. The summed E-state index contributed by atoms with van der Waals surface area (Å²) in [5, 5.41) is 6.39. The van der Waals surface area contributed by atoms with E-state index in [1.807, 2.05) is 5.38 Å². The molecule has 1 aliphatic rings. The normalized spacial score (nSPS) is 19.2. The van der Waals surface area contributed by atoms with E-state index in [0.29, 0.717) is 18.9 Å². The van der Waals surface area contributed by atoms with Gasteiger partial charge in [0.1, 0.15) is 0 Å². The van der Waals surface area contributed by atoms with Crippen LogP contribution < -0.4 is 5.32 Å².